The molecule has 0 spiro atoms. The van der Waals surface area contributed by atoms with Gasteiger partial charge in [-0.1, -0.05) is 0 Å². The number of Topliss-reactive ketones (excluding diaryl/α,β-unsaturated/α-hetero) is 4. The number of aromatic nitrogens is 4. The van der Waals surface area contributed by atoms with Crippen LogP contribution in [0.5, 0.6) is 5.75 Å². The Balaban J connectivity index is 1.42. The SMILES string of the molecule is CN(C)c1cc(CN(Cc2ccn[nH]2)Cc2ccn[nH]2)c(O)c2c1C[C@@H]1C[C@@H]3[C@@H](N(C)C)C(=O)C(C(N)=O)C(=O)[C@]3(O)C(=O)C1C2=O. The fourth-order valence-electron chi connectivity index (χ4n) is 7.86. The normalized spacial score (nSPS) is 27.2. The largest absolute Gasteiger partial charge is 0.507 e. The molecule has 3 aromatic rings. The minimum atomic E-state index is -2.78. The molecule has 0 saturated heterocycles. The van der Waals surface area contributed by atoms with Crippen LogP contribution >= 0.6 is 0 Å². The number of nitrogens with zero attached hydrogens (tertiary/aromatic N) is 5. The number of amides is 1. The molecular weight excluding hydrogens is 608 g/mol. The minimum Gasteiger partial charge on any atom is -0.507 e. The lowest BCUT2D eigenvalue weighted by molar-refractivity contribution is -0.181. The number of carbonyl (C=O) groups is 5. The molecule has 2 heterocycles. The number of phenolic OH excluding ortho intramolecular Hbond substituents is 1. The van der Waals surface area contributed by atoms with E-state index in [1.807, 2.05) is 42.1 Å². The van der Waals surface area contributed by atoms with Crippen LogP contribution in [-0.4, -0.2) is 109 Å². The van der Waals surface area contributed by atoms with Gasteiger partial charge >= 0.3 is 0 Å². The molecule has 15 heteroatoms. The van der Waals surface area contributed by atoms with E-state index < -0.39 is 64.4 Å². The summed E-state index contributed by atoms with van der Waals surface area (Å²) in [6, 6.07) is 4.33. The molecular formula is C32H38N8O7. The second-order valence-corrected chi connectivity index (χ2v) is 13.2. The maximum Gasteiger partial charge on any atom is 0.235 e. The third-order valence-electron chi connectivity index (χ3n) is 9.90. The van der Waals surface area contributed by atoms with Gasteiger partial charge in [0.15, 0.2) is 34.7 Å². The number of rotatable bonds is 9. The van der Waals surface area contributed by atoms with E-state index in [0.29, 0.717) is 29.9 Å². The number of fused-ring (bicyclic) bond motifs is 3. The van der Waals surface area contributed by atoms with Crippen LogP contribution in [0.4, 0.5) is 5.69 Å². The summed E-state index contributed by atoms with van der Waals surface area (Å²) < 4.78 is 0. The Morgan fingerprint density at radius 3 is 2.13 bits per heavy atom. The first-order valence-corrected chi connectivity index (χ1v) is 15.3. The van der Waals surface area contributed by atoms with E-state index in [-0.39, 0.29) is 30.7 Å². The van der Waals surface area contributed by atoms with E-state index >= 15 is 0 Å². The zero-order valence-corrected chi connectivity index (χ0v) is 26.6. The molecule has 3 aliphatic carbocycles. The van der Waals surface area contributed by atoms with Gasteiger partial charge in [-0.2, -0.15) is 10.2 Å². The lowest BCUT2D eigenvalue weighted by Crippen LogP contribution is -2.74. The molecule has 6 N–H and O–H groups in total. The summed E-state index contributed by atoms with van der Waals surface area (Å²) in [7, 11) is 6.74. The number of aromatic hydroxyl groups is 1. The molecule has 3 aliphatic rings. The lowest BCUT2D eigenvalue weighted by atomic mass is 9.52. The second-order valence-electron chi connectivity index (χ2n) is 13.2. The molecule has 1 amide bonds. The number of hydrogen-bond donors (Lipinski definition) is 5. The van der Waals surface area contributed by atoms with Crippen LogP contribution in [0.25, 0.3) is 0 Å². The van der Waals surface area contributed by atoms with Crippen LogP contribution in [0, 0.1) is 23.7 Å². The smallest absolute Gasteiger partial charge is 0.235 e. The number of nitrogens with two attached hydrogens (primary N) is 1. The summed E-state index contributed by atoms with van der Waals surface area (Å²) in [4.78, 5) is 73.2. The second kappa shape index (κ2) is 11.8. The van der Waals surface area contributed by atoms with Crippen molar-refractivity contribution >= 4 is 34.7 Å². The summed E-state index contributed by atoms with van der Waals surface area (Å²) in [5.41, 5.74) is 5.89. The molecule has 6 rings (SSSR count). The van der Waals surface area contributed by atoms with Gasteiger partial charge in [0.2, 0.25) is 5.91 Å². The van der Waals surface area contributed by atoms with Crippen molar-refractivity contribution in [1.82, 2.24) is 30.2 Å². The number of carbonyl (C=O) groups excluding carboxylic acids is 5. The molecule has 2 unspecified atom stereocenters. The number of primary amides is 1. The van der Waals surface area contributed by atoms with Gasteiger partial charge in [0.05, 0.1) is 17.5 Å². The number of ketones is 4. The van der Waals surface area contributed by atoms with Gasteiger partial charge in [-0.25, -0.2) is 0 Å². The third kappa shape index (κ3) is 5.14. The number of anilines is 1. The first-order chi connectivity index (χ1) is 22.2. The van der Waals surface area contributed by atoms with Crippen molar-refractivity contribution in [3.05, 3.63) is 58.7 Å². The van der Waals surface area contributed by atoms with Gasteiger partial charge < -0.3 is 20.8 Å². The predicted molar refractivity (Wildman–Crippen MR) is 166 cm³/mol. The Labute approximate surface area is 270 Å². The van der Waals surface area contributed by atoms with E-state index in [1.54, 1.807) is 26.5 Å². The number of aromatic amines is 2. The van der Waals surface area contributed by atoms with Crippen molar-refractivity contribution in [3.8, 4) is 5.75 Å². The molecule has 0 bridgehead atoms. The highest BCUT2D eigenvalue weighted by Gasteiger charge is 2.69. The minimum absolute atomic E-state index is 0.0125. The fourth-order valence-corrected chi connectivity index (χ4v) is 7.86. The maximum atomic E-state index is 14.4. The topological polar surface area (TPSA) is 219 Å². The standard InChI is InChI=1S/C32H38N8O7/c1-38(2)21-11-16(12-40(13-17-5-7-34-36-17)14-18-6-8-35-37-18)26(41)23-19(21)9-15-10-20-25(39(3)4)28(43)24(31(33)46)30(45)32(20,47)29(44)22(15)27(23)42/h5-8,11,15,20,22,24-25,41,47H,9-10,12-14H2,1-4H3,(H2,33,46)(H,34,36)(H,35,37)/t15-,20-,22?,24?,25-,32-/m1/s1. The molecule has 2 aromatic heterocycles. The van der Waals surface area contributed by atoms with Crippen molar-refractivity contribution in [2.24, 2.45) is 29.4 Å². The average molecular weight is 647 g/mol. The number of nitrogens with one attached hydrogen (secondary N) is 2. The summed E-state index contributed by atoms with van der Waals surface area (Å²) >= 11 is 0. The molecule has 15 nitrogen and oxygen atoms in total. The molecule has 248 valence electrons. The average Bonchev–Trinajstić information content (AvgIpc) is 3.70. The van der Waals surface area contributed by atoms with Crippen molar-refractivity contribution < 1.29 is 34.2 Å². The highest BCUT2D eigenvalue weighted by molar-refractivity contribution is 6.32. The molecule has 6 atom stereocenters. The Bertz CT molecular complexity index is 1720. The van der Waals surface area contributed by atoms with Crippen LogP contribution in [0.2, 0.25) is 0 Å². The first kappa shape index (κ1) is 32.2. The number of aliphatic hydroxyl groups is 1. The summed E-state index contributed by atoms with van der Waals surface area (Å²) in [6.07, 6.45) is 3.44. The summed E-state index contributed by atoms with van der Waals surface area (Å²) in [6.45, 7) is 1.05. The molecule has 47 heavy (non-hydrogen) atoms. The maximum absolute atomic E-state index is 14.4. The Hall–Kier alpha value is -4.73. The van der Waals surface area contributed by atoms with Crippen LogP contribution < -0.4 is 10.6 Å². The van der Waals surface area contributed by atoms with Gasteiger partial charge in [0.1, 0.15) is 5.75 Å². The quantitative estimate of drug-likeness (QED) is 0.187. The number of H-pyrrole nitrogens is 2. The van der Waals surface area contributed by atoms with E-state index in [4.69, 9.17) is 5.73 Å². The Kier molecular flexibility index (Phi) is 8.10. The van der Waals surface area contributed by atoms with E-state index in [0.717, 1.165) is 11.4 Å². The summed E-state index contributed by atoms with van der Waals surface area (Å²) in [5, 5.41) is 37.6. The van der Waals surface area contributed by atoms with Gasteiger partial charge in [0.25, 0.3) is 0 Å². The lowest BCUT2D eigenvalue weighted by Gasteiger charge is -2.52. The zero-order valence-electron chi connectivity index (χ0n) is 26.6. The molecule has 2 saturated carbocycles. The van der Waals surface area contributed by atoms with Crippen LogP contribution in [0.15, 0.2) is 30.6 Å². The molecule has 2 fully saturated rings. The first-order valence-electron chi connectivity index (χ1n) is 15.3. The van der Waals surface area contributed by atoms with Gasteiger partial charge in [-0.3, -0.25) is 44.0 Å². The zero-order chi connectivity index (χ0) is 33.9. The monoisotopic (exact) mass is 646 g/mol. The van der Waals surface area contributed by atoms with E-state index in [9.17, 15) is 34.2 Å². The number of likely N-dealkylation sites (N-methyl/N-ethyl adjacent to an activating group) is 1. The van der Waals surface area contributed by atoms with Crippen LogP contribution in [0.3, 0.4) is 0 Å². The fraction of sp³-hybridized carbons (Fsp3) is 0.469. The number of benzene rings is 1. The third-order valence-corrected chi connectivity index (χ3v) is 9.90. The molecule has 1 aromatic carbocycles. The van der Waals surface area contributed by atoms with Crippen molar-refractivity contribution in [3.63, 3.8) is 0 Å². The Morgan fingerprint density at radius 2 is 1.62 bits per heavy atom. The number of hydrogen-bond acceptors (Lipinski definition) is 12. The van der Waals surface area contributed by atoms with E-state index in [2.05, 4.69) is 20.4 Å². The summed E-state index contributed by atoms with van der Waals surface area (Å²) in [5.74, 6) is -10.8. The van der Waals surface area contributed by atoms with Crippen molar-refractivity contribution in [1.29, 1.82) is 0 Å². The van der Waals surface area contributed by atoms with Gasteiger partial charge in [0, 0.05) is 74.7 Å². The van der Waals surface area contributed by atoms with Crippen LogP contribution in [0.1, 0.15) is 39.3 Å². The number of phenols is 1. The van der Waals surface area contributed by atoms with Crippen LogP contribution in [-0.2, 0) is 45.2 Å². The predicted octanol–water partition coefficient (Wildman–Crippen LogP) is -0.418. The van der Waals surface area contributed by atoms with Gasteiger partial charge in [-0.05, 0) is 56.6 Å². The van der Waals surface area contributed by atoms with Gasteiger partial charge in [-0.15, -0.1) is 0 Å². The highest BCUT2D eigenvalue weighted by atomic mass is 16.3. The molecule has 0 radical (unpaired) electrons. The molecule has 0 aliphatic heterocycles. The Morgan fingerprint density at radius 1 is 1.00 bits per heavy atom. The highest BCUT2D eigenvalue weighted by Crippen LogP contribution is 2.52. The van der Waals surface area contributed by atoms with Crippen molar-refractivity contribution in [2.75, 3.05) is 33.1 Å². The van der Waals surface area contributed by atoms with Crippen molar-refractivity contribution in [2.45, 2.75) is 44.1 Å². The van der Waals surface area contributed by atoms with E-state index in [1.165, 1.54) is 4.90 Å².